The van der Waals surface area contributed by atoms with Crippen molar-refractivity contribution in [2.75, 3.05) is 12.4 Å². The standard InChI is InChI=1S/C23H22F5N3O5.C2HF3O2/c1-10-13(8-11-4-5-14(24)16(25)18(11)35-3)19(36-22(10,2)23(26,27)28)21(34)31-12-6-7-30-15(9-12)17(32)20(29)33;3-2(4,5)1(6)7/h4-7,9-10,13,19H,8H2,1-3H3,(H2,29,33)(H,30,31,34);(H,6,7)/t10-,13-,19+,22+;/m0./s1. The van der Waals surface area contributed by atoms with Crippen molar-refractivity contribution in [3.63, 3.8) is 0 Å². The molecule has 18 heteroatoms. The molecule has 2 heterocycles. The summed E-state index contributed by atoms with van der Waals surface area (Å²) in [4.78, 5) is 48.6. The number of benzene rings is 1. The first-order chi connectivity index (χ1) is 19.6. The number of ketones is 1. The third-order valence-electron chi connectivity index (χ3n) is 6.61. The Labute approximate surface area is 237 Å². The van der Waals surface area contributed by atoms with Crippen molar-refractivity contribution in [2.24, 2.45) is 17.6 Å². The van der Waals surface area contributed by atoms with Crippen LogP contribution < -0.4 is 15.8 Å². The van der Waals surface area contributed by atoms with E-state index in [1.807, 2.05) is 0 Å². The lowest BCUT2D eigenvalue weighted by molar-refractivity contribution is -0.272. The lowest BCUT2D eigenvalue weighted by atomic mass is 9.77. The number of nitrogens with one attached hydrogen (secondary N) is 1. The predicted molar refractivity (Wildman–Crippen MR) is 129 cm³/mol. The number of halogens is 8. The number of carboxylic acid groups (broad SMARTS) is 1. The second-order valence-electron chi connectivity index (χ2n) is 9.27. The van der Waals surface area contributed by atoms with Gasteiger partial charge in [0.05, 0.1) is 7.11 Å². The highest BCUT2D eigenvalue weighted by Crippen LogP contribution is 2.51. The number of Topliss-reactive ketones (excluding diaryl/α,β-unsaturated/α-hetero) is 1. The molecule has 1 aromatic heterocycles. The molecule has 3 rings (SSSR count). The van der Waals surface area contributed by atoms with Crippen LogP contribution in [0.4, 0.5) is 40.8 Å². The van der Waals surface area contributed by atoms with E-state index in [4.69, 9.17) is 25.1 Å². The number of carboxylic acids is 1. The number of hydrogen-bond acceptors (Lipinski definition) is 7. The summed E-state index contributed by atoms with van der Waals surface area (Å²) in [7, 11) is 1.08. The van der Waals surface area contributed by atoms with Gasteiger partial charge in [0.15, 0.2) is 17.2 Å². The smallest absolute Gasteiger partial charge is 0.490 e. The largest absolute Gasteiger partial charge is 0.493 e. The molecule has 1 aliphatic heterocycles. The number of ether oxygens (including phenoxy) is 2. The van der Waals surface area contributed by atoms with Gasteiger partial charge in [-0.2, -0.15) is 30.7 Å². The van der Waals surface area contributed by atoms with Gasteiger partial charge in [-0.05, 0) is 43.0 Å². The summed E-state index contributed by atoms with van der Waals surface area (Å²) in [5, 5.41) is 9.48. The Morgan fingerprint density at radius 3 is 2.19 bits per heavy atom. The van der Waals surface area contributed by atoms with Crippen LogP contribution in [0.25, 0.3) is 0 Å². The summed E-state index contributed by atoms with van der Waals surface area (Å²) < 4.78 is 112. The quantitative estimate of drug-likeness (QED) is 0.237. The molecule has 1 aromatic carbocycles. The Hall–Kier alpha value is -4.35. The van der Waals surface area contributed by atoms with Crippen LogP contribution in [-0.2, 0) is 25.5 Å². The first-order valence-electron chi connectivity index (χ1n) is 11.8. The van der Waals surface area contributed by atoms with Crippen LogP contribution in [0, 0.1) is 23.5 Å². The Morgan fingerprint density at radius 1 is 1.12 bits per heavy atom. The highest BCUT2D eigenvalue weighted by molar-refractivity contribution is 6.41. The number of alkyl halides is 6. The molecule has 236 valence electrons. The molecule has 2 aromatic rings. The lowest BCUT2D eigenvalue weighted by Crippen LogP contribution is -2.47. The number of aliphatic carboxylic acids is 1. The predicted octanol–water partition coefficient (Wildman–Crippen LogP) is 3.82. The fourth-order valence-electron chi connectivity index (χ4n) is 4.17. The zero-order valence-corrected chi connectivity index (χ0v) is 22.3. The van der Waals surface area contributed by atoms with Crippen LogP contribution >= 0.6 is 0 Å². The maximum absolute atomic E-state index is 14.2. The summed E-state index contributed by atoms with van der Waals surface area (Å²) >= 11 is 0. The maximum Gasteiger partial charge on any atom is 0.490 e. The molecule has 0 spiro atoms. The second kappa shape index (κ2) is 12.9. The Kier molecular flexibility index (Phi) is 10.4. The van der Waals surface area contributed by atoms with Crippen LogP contribution in [0.1, 0.15) is 29.9 Å². The summed E-state index contributed by atoms with van der Waals surface area (Å²) in [6, 6.07) is 4.23. The van der Waals surface area contributed by atoms with Gasteiger partial charge in [0.25, 0.3) is 17.6 Å². The van der Waals surface area contributed by atoms with Gasteiger partial charge >= 0.3 is 18.3 Å². The Morgan fingerprint density at radius 2 is 1.70 bits per heavy atom. The maximum atomic E-state index is 14.2. The minimum absolute atomic E-state index is 0.0410. The van der Waals surface area contributed by atoms with E-state index in [9.17, 15) is 49.5 Å². The molecule has 43 heavy (non-hydrogen) atoms. The topological polar surface area (TPSA) is 158 Å². The van der Waals surface area contributed by atoms with E-state index in [1.165, 1.54) is 13.0 Å². The van der Waals surface area contributed by atoms with Gasteiger partial charge in [0.2, 0.25) is 5.82 Å². The summed E-state index contributed by atoms with van der Waals surface area (Å²) in [6.45, 7) is 2.05. The highest BCUT2D eigenvalue weighted by atomic mass is 19.4. The normalized spacial score (nSPS) is 21.8. The van der Waals surface area contributed by atoms with Crippen molar-refractivity contribution in [3.8, 4) is 5.75 Å². The Bertz CT molecular complexity index is 1400. The molecule has 2 amide bonds. The van der Waals surface area contributed by atoms with Crippen molar-refractivity contribution < 1.29 is 68.9 Å². The van der Waals surface area contributed by atoms with E-state index in [1.54, 1.807) is 0 Å². The van der Waals surface area contributed by atoms with Gasteiger partial charge in [0.1, 0.15) is 11.8 Å². The van der Waals surface area contributed by atoms with Crippen molar-refractivity contribution in [1.29, 1.82) is 0 Å². The highest BCUT2D eigenvalue weighted by Gasteiger charge is 2.65. The van der Waals surface area contributed by atoms with Crippen molar-refractivity contribution >= 4 is 29.3 Å². The van der Waals surface area contributed by atoms with E-state index >= 15 is 0 Å². The molecule has 1 aliphatic rings. The molecule has 0 aliphatic carbocycles. The number of carbonyl (C=O) groups excluding carboxylic acids is 3. The van der Waals surface area contributed by atoms with Gasteiger partial charge in [-0.15, -0.1) is 0 Å². The average molecular weight is 629 g/mol. The number of methoxy groups -OCH3 is 1. The SMILES string of the molecule is COc1c(C[C@@H]2[C@H](C(=O)Nc3ccnc(C(=O)C(N)=O)c3)O[C@@](C)(C(F)(F)F)[C@H]2C)ccc(F)c1F.O=C(O)C(F)(F)F. The number of rotatable bonds is 7. The Balaban J connectivity index is 0.000000821. The van der Waals surface area contributed by atoms with E-state index in [-0.39, 0.29) is 23.4 Å². The van der Waals surface area contributed by atoms with E-state index in [0.717, 1.165) is 38.4 Å². The molecule has 4 N–H and O–H groups in total. The molecule has 0 saturated carbocycles. The number of carbonyl (C=O) groups is 4. The van der Waals surface area contributed by atoms with Gasteiger partial charge < -0.3 is 25.6 Å². The van der Waals surface area contributed by atoms with Gasteiger partial charge in [-0.25, -0.2) is 9.18 Å². The number of anilines is 1. The van der Waals surface area contributed by atoms with Crippen LogP contribution in [-0.4, -0.2) is 64.8 Å². The summed E-state index contributed by atoms with van der Waals surface area (Å²) in [6.07, 6.45) is -10.9. The summed E-state index contributed by atoms with van der Waals surface area (Å²) in [5.74, 6) is -11.6. The first kappa shape index (κ1) is 34.8. The van der Waals surface area contributed by atoms with Crippen molar-refractivity contribution in [3.05, 3.63) is 53.4 Å². The van der Waals surface area contributed by atoms with Gasteiger partial charge in [0, 0.05) is 17.8 Å². The molecule has 1 saturated heterocycles. The van der Waals surface area contributed by atoms with E-state index < -0.39 is 76.8 Å². The fraction of sp³-hybridized carbons (Fsp3) is 0.400. The number of aromatic nitrogens is 1. The average Bonchev–Trinajstić information content (AvgIpc) is 3.17. The molecule has 4 atom stereocenters. The minimum Gasteiger partial charge on any atom is -0.493 e. The molecular formula is C25H23F8N3O7. The number of hydrogen-bond donors (Lipinski definition) is 3. The zero-order valence-electron chi connectivity index (χ0n) is 22.3. The molecule has 10 nitrogen and oxygen atoms in total. The molecule has 1 fully saturated rings. The first-order valence-corrected chi connectivity index (χ1v) is 11.8. The summed E-state index contributed by atoms with van der Waals surface area (Å²) in [5.41, 5.74) is 1.80. The number of pyridine rings is 1. The minimum atomic E-state index is -5.08. The zero-order chi connectivity index (χ0) is 33.1. The molecule has 0 unspecified atom stereocenters. The molecule has 0 radical (unpaired) electrons. The third kappa shape index (κ3) is 7.74. The lowest BCUT2D eigenvalue weighted by Gasteiger charge is -2.31. The number of nitrogens with zero attached hydrogens (tertiary/aromatic N) is 1. The van der Waals surface area contributed by atoms with Crippen molar-refractivity contribution in [1.82, 2.24) is 4.98 Å². The molecular weight excluding hydrogens is 606 g/mol. The van der Waals surface area contributed by atoms with Crippen LogP contribution in [0.15, 0.2) is 30.5 Å². The van der Waals surface area contributed by atoms with Crippen LogP contribution in [0.2, 0.25) is 0 Å². The molecule has 0 bridgehead atoms. The van der Waals surface area contributed by atoms with Crippen LogP contribution in [0.5, 0.6) is 5.75 Å². The number of nitrogens with two attached hydrogens (primary N) is 1. The van der Waals surface area contributed by atoms with E-state index in [0.29, 0.717) is 0 Å². The van der Waals surface area contributed by atoms with Gasteiger partial charge in [-0.3, -0.25) is 19.4 Å². The monoisotopic (exact) mass is 629 g/mol. The third-order valence-corrected chi connectivity index (χ3v) is 6.61. The van der Waals surface area contributed by atoms with Crippen LogP contribution in [0.3, 0.4) is 0 Å². The fourth-order valence-corrected chi connectivity index (χ4v) is 4.17. The van der Waals surface area contributed by atoms with Crippen molar-refractivity contribution in [2.45, 2.75) is 44.3 Å². The second-order valence-corrected chi connectivity index (χ2v) is 9.27. The van der Waals surface area contributed by atoms with E-state index in [2.05, 4.69) is 10.3 Å². The number of amides is 2. The number of primary amides is 1. The van der Waals surface area contributed by atoms with Gasteiger partial charge in [-0.1, -0.05) is 13.0 Å².